The van der Waals surface area contributed by atoms with Crippen molar-refractivity contribution in [2.45, 2.75) is 33.4 Å². The van der Waals surface area contributed by atoms with E-state index < -0.39 is 6.04 Å². The molecule has 4 nitrogen and oxygen atoms in total. The monoisotopic (exact) mass is 344 g/mol. The Morgan fingerprint density at radius 3 is 2.68 bits per heavy atom. The number of amides is 1. The zero-order valence-electron chi connectivity index (χ0n) is 15.2. The highest BCUT2D eigenvalue weighted by molar-refractivity contribution is 5.84. The number of aryl methyl sites for hydroxylation is 1. The first-order valence-electron chi connectivity index (χ1n) is 8.40. The number of carbonyl (C=O) groups is 1. The van der Waals surface area contributed by atoms with Crippen LogP contribution in [0.4, 0.5) is 10.1 Å². The summed E-state index contributed by atoms with van der Waals surface area (Å²) in [6, 6.07) is 11.6. The maximum Gasteiger partial charge on any atom is 0.244 e. The molecule has 0 fully saturated rings. The number of likely N-dealkylation sites (N-methyl/N-ethyl adjacent to an activating group) is 1. The summed E-state index contributed by atoms with van der Waals surface area (Å²) in [5.74, 6) is 0.487. The lowest BCUT2D eigenvalue weighted by molar-refractivity contribution is -0.130. The smallest absolute Gasteiger partial charge is 0.244 e. The molecule has 1 amide bonds. The number of anilines is 1. The van der Waals surface area contributed by atoms with Crippen molar-refractivity contribution < 1.29 is 13.9 Å². The fourth-order valence-corrected chi connectivity index (χ4v) is 2.69. The number of halogens is 1. The van der Waals surface area contributed by atoms with E-state index in [0.717, 1.165) is 22.6 Å². The predicted molar refractivity (Wildman–Crippen MR) is 98.3 cm³/mol. The van der Waals surface area contributed by atoms with Gasteiger partial charge in [0, 0.05) is 19.3 Å². The van der Waals surface area contributed by atoms with Crippen molar-refractivity contribution >= 4 is 11.6 Å². The van der Waals surface area contributed by atoms with Gasteiger partial charge in [-0.25, -0.2) is 4.39 Å². The van der Waals surface area contributed by atoms with Gasteiger partial charge in [0.2, 0.25) is 5.91 Å². The molecule has 0 aliphatic heterocycles. The first-order chi connectivity index (χ1) is 11.9. The lowest BCUT2D eigenvalue weighted by atomic mass is 10.1. The van der Waals surface area contributed by atoms with E-state index in [0.29, 0.717) is 13.2 Å². The summed E-state index contributed by atoms with van der Waals surface area (Å²) in [5.41, 5.74) is 2.64. The Morgan fingerprint density at radius 2 is 2.04 bits per heavy atom. The first-order valence-corrected chi connectivity index (χ1v) is 8.40. The van der Waals surface area contributed by atoms with Crippen LogP contribution in [0.1, 0.15) is 25.0 Å². The van der Waals surface area contributed by atoms with E-state index in [2.05, 4.69) is 5.32 Å². The largest absolute Gasteiger partial charge is 0.494 e. The molecule has 0 aliphatic carbocycles. The van der Waals surface area contributed by atoms with Crippen molar-refractivity contribution in [2.24, 2.45) is 0 Å². The van der Waals surface area contributed by atoms with E-state index in [1.165, 1.54) is 12.1 Å². The van der Waals surface area contributed by atoms with Gasteiger partial charge >= 0.3 is 0 Å². The number of nitrogens with zero attached hydrogens (tertiary/aromatic N) is 1. The van der Waals surface area contributed by atoms with Crippen LogP contribution in [0, 0.1) is 12.7 Å². The third kappa shape index (κ3) is 5.21. The maximum absolute atomic E-state index is 13.3. The Hall–Kier alpha value is -2.56. The summed E-state index contributed by atoms with van der Waals surface area (Å²) >= 11 is 0. The molecule has 0 heterocycles. The van der Waals surface area contributed by atoms with Crippen LogP contribution in [0.3, 0.4) is 0 Å². The number of hydrogen-bond acceptors (Lipinski definition) is 3. The topological polar surface area (TPSA) is 41.6 Å². The fraction of sp³-hybridized carbons (Fsp3) is 0.350. The molecule has 25 heavy (non-hydrogen) atoms. The molecule has 0 aromatic heterocycles. The van der Waals surface area contributed by atoms with E-state index in [4.69, 9.17) is 4.74 Å². The molecule has 2 aromatic rings. The Kier molecular flexibility index (Phi) is 6.39. The number of ether oxygens (including phenoxy) is 1. The van der Waals surface area contributed by atoms with Gasteiger partial charge in [0.05, 0.1) is 6.61 Å². The molecule has 2 aromatic carbocycles. The minimum atomic E-state index is -0.393. The third-order valence-corrected chi connectivity index (χ3v) is 3.91. The summed E-state index contributed by atoms with van der Waals surface area (Å²) in [4.78, 5) is 14.1. The molecule has 134 valence electrons. The number of carbonyl (C=O) groups excluding carboxylic acids is 1. The van der Waals surface area contributed by atoms with Crippen LogP contribution in [-0.2, 0) is 11.3 Å². The molecule has 0 bridgehead atoms. The van der Waals surface area contributed by atoms with Gasteiger partial charge in [0.1, 0.15) is 17.6 Å². The Morgan fingerprint density at radius 1 is 1.28 bits per heavy atom. The van der Waals surface area contributed by atoms with Gasteiger partial charge in [0.25, 0.3) is 0 Å². The van der Waals surface area contributed by atoms with Gasteiger partial charge in [-0.1, -0.05) is 12.1 Å². The molecular formula is C20H25FN2O2. The Bertz CT molecular complexity index is 733. The van der Waals surface area contributed by atoms with Crippen LogP contribution in [-0.4, -0.2) is 30.5 Å². The highest BCUT2D eigenvalue weighted by Gasteiger charge is 2.18. The van der Waals surface area contributed by atoms with Gasteiger partial charge in [-0.3, -0.25) is 4.79 Å². The minimum Gasteiger partial charge on any atom is -0.494 e. The molecule has 1 atom stereocenters. The minimum absolute atomic E-state index is 0.0594. The van der Waals surface area contributed by atoms with Gasteiger partial charge < -0.3 is 15.0 Å². The van der Waals surface area contributed by atoms with E-state index in [1.54, 1.807) is 24.1 Å². The molecule has 0 radical (unpaired) electrons. The Labute approximate surface area is 148 Å². The standard InChI is InChI=1S/C20H25FN2O2/c1-5-25-19-10-9-18(11-14(19)2)22-15(3)20(24)23(4)13-16-7-6-8-17(21)12-16/h6-12,15,22H,5,13H2,1-4H3. The lowest BCUT2D eigenvalue weighted by Gasteiger charge is -2.23. The van der Waals surface area contributed by atoms with Crippen molar-refractivity contribution in [3.8, 4) is 5.75 Å². The molecule has 2 rings (SSSR count). The van der Waals surface area contributed by atoms with Crippen LogP contribution in [0.15, 0.2) is 42.5 Å². The van der Waals surface area contributed by atoms with Crippen molar-refractivity contribution in [1.29, 1.82) is 0 Å². The van der Waals surface area contributed by atoms with Crippen LogP contribution in [0.5, 0.6) is 5.75 Å². The number of hydrogen-bond donors (Lipinski definition) is 1. The zero-order valence-corrected chi connectivity index (χ0v) is 15.2. The van der Waals surface area contributed by atoms with Crippen LogP contribution < -0.4 is 10.1 Å². The zero-order chi connectivity index (χ0) is 18.4. The second-order valence-electron chi connectivity index (χ2n) is 6.10. The molecule has 0 saturated carbocycles. The second-order valence-corrected chi connectivity index (χ2v) is 6.10. The predicted octanol–water partition coefficient (Wildman–Crippen LogP) is 3.99. The molecule has 0 spiro atoms. The number of benzene rings is 2. The van der Waals surface area contributed by atoms with E-state index >= 15 is 0 Å². The maximum atomic E-state index is 13.3. The van der Waals surface area contributed by atoms with E-state index in [9.17, 15) is 9.18 Å². The van der Waals surface area contributed by atoms with Crippen molar-refractivity contribution in [3.05, 3.63) is 59.4 Å². The van der Waals surface area contributed by atoms with Crippen molar-refractivity contribution in [2.75, 3.05) is 19.0 Å². The molecular weight excluding hydrogens is 319 g/mol. The molecule has 1 unspecified atom stereocenters. The average molecular weight is 344 g/mol. The Balaban J connectivity index is 1.98. The summed E-state index contributed by atoms with van der Waals surface area (Å²) in [5, 5.41) is 3.21. The van der Waals surface area contributed by atoms with Gasteiger partial charge in [-0.05, 0) is 62.2 Å². The SMILES string of the molecule is CCOc1ccc(NC(C)C(=O)N(C)Cc2cccc(F)c2)cc1C. The third-order valence-electron chi connectivity index (χ3n) is 3.91. The van der Waals surface area contributed by atoms with E-state index in [-0.39, 0.29) is 11.7 Å². The number of nitrogens with one attached hydrogen (secondary N) is 1. The average Bonchev–Trinajstić information content (AvgIpc) is 2.56. The summed E-state index contributed by atoms with van der Waals surface area (Å²) < 4.78 is 18.8. The quantitative estimate of drug-likeness (QED) is 0.826. The van der Waals surface area contributed by atoms with Crippen LogP contribution in [0.2, 0.25) is 0 Å². The molecule has 0 aliphatic rings. The van der Waals surface area contributed by atoms with Crippen LogP contribution in [0.25, 0.3) is 0 Å². The summed E-state index contributed by atoms with van der Waals surface area (Å²) in [6.07, 6.45) is 0. The lowest BCUT2D eigenvalue weighted by Crippen LogP contribution is -2.38. The van der Waals surface area contributed by atoms with Crippen LogP contribution >= 0.6 is 0 Å². The molecule has 5 heteroatoms. The number of rotatable bonds is 7. The van der Waals surface area contributed by atoms with Gasteiger partial charge in [0.15, 0.2) is 0 Å². The van der Waals surface area contributed by atoms with Crippen molar-refractivity contribution in [3.63, 3.8) is 0 Å². The highest BCUT2D eigenvalue weighted by atomic mass is 19.1. The van der Waals surface area contributed by atoms with Gasteiger partial charge in [-0.2, -0.15) is 0 Å². The second kappa shape index (κ2) is 8.51. The van der Waals surface area contributed by atoms with Crippen molar-refractivity contribution in [1.82, 2.24) is 4.90 Å². The van der Waals surface area contributed by atoms with Gasteiger partial charge in [-0.15, -0.1) is 0 Å². The fourth-order valence-electron chi connectivity index (χ4n) is 2.69. The highest BCUT2D eigenvalue weighted by Crippen LogP contribution is 2.22. The normalized spacial score (nSPS) is 11.7. The first kappa shape index (κ1) is 18.8. The summed E-state index contributed by atoms with van der Waals surface area (Å²) in [7, 11) is 1.72. The molecule has 1 N–H and O–H groups in total. The van der Waals surface area contributed by atoms with E-state index in [1.807, 2.05) is 39.0 Å². The summed E-state index contributed by atoms with van der Waals surface area (Å²) in [6.45, 7) is 6.72. The molecule has 0 saturated heterocycles.